The van der Waals surface area contributed by atoms with Crippen LogP contribution in [0.2, 0.25) is 10.0 Å². The van der Waals surface area contributed by atoms with Crippen molar-refractivity contribution < 1.29 is 13.9 Å². The van der Waals surface area contributed by atoms with Gasteiger partial charge in [-0.15, -0.1) is 0 Å². The molecule has 3 heterocycles. The highest BCUT2D eigenvalue weighted by Crippen LogP contribution is 2.46. The Bertz CT molecular complexity index is 1230. The van der Waals surface area contributed by atoms with E-state index in [-0.39, 0.29) is 18.0 Å². The Labute approximate surface area is 192 Å². The average molecular weight is 475 g/mol. The number of halogens is 2. The normalized spacial score (nSPS) is 18.1. The molecule has 1 atom stereocenters. The van der Waals surface area contributed by atoms with Gasteiger partial charge in [0, 0.05) is 10.6 Å². The molecule has 1 aromatic carbocycles. The van der Waals surface area contributed by atoms with E-state index in [1.807, 2.05) is 0 Å². The molecule has 2 N–H and O–H groups in total. The standard InChI is InChI=1S/C21H16Cl2N4O3S/c1-3-29-20(28)17-10(2)26-21-27(19(25)16(9-24)31-21)18(17)15-7-6-14(30-15)12-5-4-11(22)8-13(12)23/h4-8,18H,3,25H2,1-2H3/t18-/m1/s1. The number of esters is 1. The Morgan fingerprint density at radius 3 is 2.84 bits per heavy atom. The number of rotatable bonds is 4. The molecule has 0 fully saturated rings. The minimum Gasteiger partial charge on any atom is -0.463 e. The molecule has 10 heteroatoms. The van der Waals surface area contributed by atoms with E-state index in [9.17, 15) is 10.1 Å². The number of hydrogen-bond acceptors (Lipinski definition) is 8. The first-order valence-electron chi connectivity index (χ1n) is 9.24. The van der Waals surface area contributed by atoms with Crippen LogP contribution in [0.25, 0.3) is 11.3 Å². The summed E-state index contributed by atoms with van der Waals surface area (Å²) in [5.74, 6) is 0.599. The maximum atomic E-state index is 12.8. The van der Waals surface area contributed by atoms with Gasteiger partial charge in [-0.25, -0.2) is 9.79 Å². The van der Waals surface area contributed by atoms with E-state index < -0.39 is 12.0 Å². The van der Waals surface area contributed by atoms with Gasteiger partial charge in [0.1, 0.15) is 34.4 Å². The van der Waals surface area contributed by atoms with Gasteiger partial charge >= 0.3 is 5.97 Å². The van der Waals surface area contributed by atoms with Gasteiger partial charge in [-0.3, -0.25) is 4.90 Å². The van der Waals surface area contributed by atoms with Crippen LogP contribution in [-0.2, 0) is 9.53 Å². The zero-order valence-corrected chi connectivity index (χ0v) is 18.8. The molecular formula is C21H16Cl2N4O3S. The Kier molecular flexibility index (Phi) is 5.75. The number of nitrogens with zero attached hydrogens (tertiary/aromatic N) is 3. The maximum Gasteiger partial charge on any atom is 0.338 e. The van der Waals surface area contributed by atoms with E-state index in [4.69, 9.17) is 38.1 Å². The number of hydrogen-bond donors (Lipinski definition) is 1. The molecular weight excluding hydrogens is 459 g/mol. The summed E-state index contributed by atoms with van der Waals surface area (Å²) in [6, 6.07) is 9.90. The number of nitriles is 1. The number of amidine groups is 1. The Morgan fingerprint density at radius 1 is 1.39 bits per heavy atom. The van der Waals surface area contributed by atoms with Crippen molar-refractivity contribution in [2.24, 2.45) is 10.7 Å². The maximum absolute atomic E-state index is 12.8. The SMILES string of the molecule is CCOC(=O)C1=C(C)N=C2SC(C#N)=C(N)N2[C@@H]1c1ccc(-c2ccc(Cl)cc2Cl)o1. The summed E-state index contributed by atoms with van der Waals surface area (Å²) in [5.41, 5.74) is 7.65. The molecule has 1 aromatic heterocycles. The van der Waals surface area contributed by atoms with Crippen molar-refractivity contribution in [3.63, 3.8) is 0 Å². The number of carbonyl (C=O) groups excluding carboxylic acids is 1. The molecule has 4 rings (SSSR count). The minimum atomic E-state index is -0.746. The molecule has 0 amide bonds. The number of aliphatic imine (C=N–C) groups is 1. The first kappa shape index (κ1) is 21.4. The number of ether oxygens (including phenoxy) is 1. The average Bonchev–Trinajstić information content (AvgIpc) is 3.32. The molecule has 0 saturated heterocycles. The van der Waals surface area contributed by atoms with Gasteiger partial charge in [-0.1, -0.05) is 23.2 Å². The smallest absolute Gasteiger partial charge is 0.338 e. The monoisotopic (exact) mass is 474 g/mol. The van der Waals surface area contributed by atoms with Gasteiger partial charge in [0.2, 0.25) is 0 Å². The van der Waals surface area contributed by atoms with Crippen molar-refractivity contribution in [2.75, 3.05) is 6.61 Å². The largest absolute Gasteiger partial charge is 0.463 e. The van der Waals surface area contributed by atoms with Crippen LogP contribution in [0.5, 0.6) is 0 Å². The Morgan fingerprint density at radius 2 is 2.16 bits per heavy atom. The van der Waals surface area contributed by atoms with Gasteiger partial charge in [0.05, 0.1) is 22.9 Å². The number of fused-ring (bicyclic) bond motifs is 1. The Balaban J connectivity index is 1.84. The third kappa shape index (κ3) is 3.69. The molecule has 0 saturated carbocycles. The van der Waals surface area contributed by atoms with Crippen molar-refractivity contribution >= 4 is 46.1 Å². The zero-order chi connectivity index (χ0) is 22.3. The molecule has 7 nitrogen and oxygen atoms in total. The third-order valence-electron chi connectivity index (χ3n) is 4.77. The molecule has 2 aliphatic rings. The van der Waals surface area contributed by atoms with E-state index in [0.717, 1.165) is 11.8 Å². The van der Waals surface area contributed by atoms with Crippen molar-refractivity contribution in [3.05, 3.63) is 68.1 Å². The molecule has 0 unspecified atom stereocenters. The lowest BCUT2D eigenvalue weighted by Gasteiger charge is -2.33. The molecule has 0 spiro atoms. The van der Waals surface area contributed by atoms with Crippen molar-refractivity contribution in [3.8, 4) is 17.4 Å². The number of furan rings is 1. The van der Waals surface area contributed by atoms with Crippen molar-refractivity contribution in [1.29, 1.82) is 5.26 Å². The number of carbonyl (C=O) groups is 1. The highest BCUT2D eigenvalue weighted by molar-refractivity contribution is 8.17. The van der Waals surface area contributed by atoms with Gasteiger partial charge in [0.25, 0.3) is 0 Å². The number of allylic oxidation sites excluding steroid dienone is 2. The van der Waals surface area contributed by atoms with E-state index in [0.29, 0.717) is 42.9 Å². The molecule has 0 radical (unpaired) electrons. The van der Waals surface area contributed by atoms with Crippen LogP contribution in [0.3, 0.4) is 0 Å². The fourth-order valence-corrected chi connectivity index (χ4v) is 4.83. The molecule has 2 aliphatic heterocycles. The number of nitrogens with two attached hydrogens (primary N) is 1. The van der Waals surface area contributed by atoms with Crippen LogP contribution in [0, 0.1) is 11.3 Å². The van der Waals surface area contributed by atoms with E-state index in [1.54, 1.807) is 49.1 Å². The first-order chi connectivity index (χ1) is 14.8. The number of benzene rings is 1. The topological polar surface area (TPSA) is 105 Å². The lowest BCUT2D eigenvalue weighted by molar-refractivity contribution is -0.139. The van der Waals surface area contributed by atoms with E-state index >= 15 is 0 Å². The lowest BCUT2D eigenvalue weighted by atomic mass is 10.00. The van der Waals surface area contributed by atoms with Crippen LogP contribution >= 0.6 is 35.0 Å². The quantitative estimate of drug-likeness (QED) is 0.606. The molecule has 158 valence electrons. The molecule has 31 heavy (non-hydrogen) atoms. The summed E-state index contributed by atoms with van der Waals surface area (Å²) in [5, 5.41) is 10.9. The Hall–Kier alpha value is -2.86. The van der Waals surface area contributed by atoms with Crippen molar-refractivity contribution in [2.45, 2.75) is 19.9 Å². The van der Waals surface area contributed by atoms with Gasteiger partial charge in [-0.2, -0.15) is 5.26 Å². The predicted octanol–water partition coefficient (Wildman–Crippen LogP) is 5.20. The molecule has 0 aliphatic carbocycles. The first-order valence-corrected chi connectivity index (χ1v) is 10.8. The predicted molar refractivity (Wildman–Crippen MR) is 120 cm³/mol. The van der Waals surface area contributed by atoms with Gasteiger partial charge in [-0.05, 0) is 55.9 Å². The van der Waals surface area contributed by atoms with Crippen LogP contribution in [0.1, 0.15) is 25.6 Å². The van der Waals surface area contributed by atoms with Crippen LogP contribution in [0.4, 0.5) is 0 Å². The summed E-state index contributed by atoms with van der Waals surface area (Å²) >= 11 is 13.5. The van der Waals surface area contributed by atoms with Crippen LogP contribution in [-0.4, -0.2) is 22.6 Å². The summed E-state index contributed by atoms with van der Waals surface area (Å²) in [6.07, 6.45) is 0. The fourth-order valence-electron chi connectivity index (χ4n) is 3.41. The van der Waals surface area contributed by atoms with E-state index in [1.165, 1.54) is 0 Å². The summed E-state index contributed by atoms with van der Waals surface area (Å²) in [6.45, 7) is 3.64. The second-order valence-electron chi connectivity index (χ2n) is 6.64. The number of thioether (sulfide) groups is 1. The van der Waals surface area contributed by atoms with E-state index in [2.05, 4.69) is 11.1 Å². The summed E-state index contributed by atoms with van der Waals surface area (Å²) in [4.78, 5) is 19.2. The molecule has 2 aromatic rings. The zero-order valence-electron chi connectivity index (χ0n) is 16.5. The van der Waals surface area contributed by atoms with Gasteiger partial charge < -0.3 is 14.9 Å². The van der Waals surface area contributed by atoms with Crippen LogP contribution < -0.4 is 5.73 Å². The minimum absolute atomic E-state index is 0.201. The summed E-state index contributed by atoms with van der Waals surface area (Å²) in [7, 11) is 0. The second-order valence-corrected chi connectivity index (χ2v) is 8.46. The van der Waals surface area contributed by atoms with Crippen LogP contribution in [0.15, 0.2) is 61.7 Å². The second kappa shape index (κ2) is 8.35. The van der Waals surface area contributed by atoms with Gasteiger partial charge in [0.15, 0.2) is 5.17 Å². The summed E-state index contributed by atoms with van der Waals surface area (Å²) < 4.78 is 11.4. The highest BCUT2D eigenvalue weighted by atomic mass is 35.5. The fraction of sp³-hybridized carbons (Fsp3) is 0.190. The highest BCUT2D eigenvalue weighted by Gasteiger charge is 2.44. The third-order valence-corrected chi connectivity index (χ3v) is 6.29. The lowest BCUT2D eigenvalue weighted by Crippen LogP contribution is -2.38. The molecule has 0 bridgehead atoms. The van der Waals surface area contributed by atoms with Crippen molar-refractivity contribution in [1.82, 2.24) is 4.90 Å².